The van der Waals surface area contributed by atoms with Crippen LogP contribution in [0.25, 0.3) is 0 Å². The van der Waals surface area contributed by atoms with E-state index in [0.717, 1.165) is 22.4 Å². The van der Waals surface area contributed by atoms with Crippen LogP contribution < -0.4 is 5.32 Å². The van der Waals surface area contributed by atoms with Gasteiger partial charge in [0.25, 0.3) is 0 Å². The summed E-state index contributed by atoms with van der Waals surface area (Å²) in [6.45, 7) is 3.90. The van der Waals surface area contributed by atoms with Gasteiger partial charge in [0.15, 0.2) is 0 Å². The number of amides is 1. The molecule has 1 amide bonds. The van der Waals surface area contributed by atoms with Gasteiger partial charge in [-0.1, -0.05) is 29.8 Å². The Balaban J connectivity index is 1.87. The molecule has 0 aromatic heterocycles. The van der Waals surface area contributed by atoms with E-state index in [1.807, 2.05) is 38.1 Å². The zero-order valence-electron chi connectivity index (χ0n) is 13.0. The first-order valence-electron chi connectivity index (χ1n) is 7.13. The van der Waals surface area contributed by atoms with Gasteiger partial charge in [0, 0.05) is 5.75 Å². The minimum Gasteiger partial charge on any atom is -0.324 e. The van der Waals surface area contributed by atoms with Gasteiger partial charge >= 0.3 is 0 Å². The van der Waals surface area contributed by atoms with Crippen LogP contribution in [-0.2, 0) is 10.5 Å². The molecule has 3 nitrogen and oxygen atoms in total. The molecule has 0 saturated heterocycles. The second kappa shape index (κ2) is 8.05. The van der Waals surface area contributed by atoms with Crippen LogP contribution in [0.2, 0.25) is 5.02 Å². The standard InChI is InChI=1S/C18H17ClN2OS/c1-12-7-13(2)18(16(19)8-12)21-17(22)11-23-10-15-5-3-14(9-20)4-6-15/h3-8H,10-11H2,1-2H3,(H,21,22). The lowest BCUT2D eigenvalue weighted by Gasteiger charge is -2.11. The van der Waals surface area contributed by atoms with Gasteiger partial charge in [0.05, 0.1) is 28.1 Å². The molecule has 0 bridgehead atoms. The number of rotatable bonds is 5. The fraction of sp³-hybridized carbons (Fsp3) is 0.222. The largest absolute Gasteiger partial charge is 0.324 e. The van der Waals surface area contributed by atoms with E-state index in [4.69, 9.17) is 16.9 Å². The molecule has 0 radical (unpaired) electrons. The Labute approximate surface area is 145 Å². The van der Waals surface area contributed by atoms with Crippen molar-refractivity contribution in [3.8, 4) is 6.07 Å². The Morgan fingerprint density at radius 3 is 2.57 bits per heavy atom. The van der Waals surface area contributed by atoms with Crippen LogP contribution in [0.1, 0.15) is 22.3 Å². The summed E-state index contributed by atoms with van der Waals surface area (Å²) in [5.74, 6) is 1.00. The van der Waals surface area contributed by atoms with E-state index in [1.165, 1.54) is 11.8 Å². The SMILES string of the molecule is Cc1cc(C)c(NC(=O)CSCc2ccc(C#N)cc2)c(Cl)c1. The number of carbonyl (C=O) groups is 1. The highest BCUT2D eigenvalue weighted by Gasteiger charge is 2.09. The highest BCUT2D eigenvalue weighted by Crippen LogP contribution is 2.27. The topological polar surface area (TPSA) is 52.9 Å². The molecule has 0 aliphatic rings. The number of hydrogen-bond donors (Lipinski definition) is 1. The second-order valence-electron chi connectivity index (χ2n) is 5.29. The number of carbonyl (C=O) groups excluding carboxylic acids is 1. The number of nitrogens with one attached hydrogen (secondary N) is 1. The van der Waals surface area contributed by atoms with Gasteiger partial charge in [-0.15, -0.1) is 11.8 Å². The molecule has 0 aliphatic carbocycles. The Kier molecular flexibility index (Phi) is 6.09. The predicted octanol–water partition coefficient (Wildman–Crippen LogP) is 4.70. The van der Waals surface area contributed by atoms with Crippen molar-refractivity contribution in [1.82, 2.24) is 0 Å². The highest BCUT2D eigenvalue weighted by atomic mass is 35.5. The zero-order valence-corrected chi connectivity index (χ0v) is 14.6. The number of thioether (sulfide) groups is 1. The number of aryl methyl sites for hydroxylation is 2. The maximum absolute atomic E-state index is 12.1. The Hall–Kier alpha value is -1.96. The molecule has 2 aromatic carbocycles. The van der Waals surface area contributed by atoms with E-state index in [0.29, 0.717) is 22.0 Å². The van der Waals surface area contributed by atoms with Crippen LogP contribution in [0.4, 0.5) is 5.69 Å². The smallest absolute Gasteiger partial charge is 0.234 e. The zero-order chi connectivity index (χ0) is 16.8. The highest BCUT2D eigenvalue weighted by molar-refractivity contribution is 7.99. The molecule has 0 spiro atoms. The number of nitriles is 1. The van der Waals surface area contributed by atoms with E-state index < -0.39 is 0 Å². The molecule has 0 atom stereocenters. The van der Waals surface area contributed by atoms with Gasteiger partial charge in [0.2, 0.25) is 5.91 Å². The minimum absolute atomic E-state index is 0.0718. The van der Waals surface area contributed by atoms with Crippen molar-refractivity contribution in [3.63, 3.8) is 0 Å². The summed E-state index contributed by atoms with van der Waals surface area (Å²) in [4.78, 5) is 12.1. The van der Waals surface area contributed by atoms with Gasteiger partial charge in [-0.2, -0.15) is 5.26 Å². The summed E-state index contributed by atoms with van der Waals surface area (Å²) >= 11 is 7.71. The molecule has 23 heavy (non-hydrogen) atoms. The maximum Gasteiger partial charge on any atom is 0.234 e. The maximum atomic E-state index is 12.1. The fourth-order valence-electron chi connectivity index (χ4n) is 2.19. The lowest BCUT2D eigenvalue weighted by atomic mass is 10.1. The van der Waals surface area contributed by atoms with E-state index in [2.05, 4.69) is 11.4 Å². The van der Waals surface area contributed by atoms with E-state index in [-0.39, 0.29) is 5.91 Å². The quantitative estimate of drug-likeness (QED) is 0.855. The third-order valence-corrected chi connectivity index (χ3v) is 4.58. The molecule has 118 valence electrons. The molecule has 0 heterocycles. The molecule has 5 heteroatoms. The number of halogens is 1. The molecule has 0 fully saturated rings. The van der Waals surface area contributed by atoms with Crippen LogP contribution in [0.15, 0.2) is 36.4 Å². The average molecular weight is 345 g/mol. The van der Waals surface area contributed by atoms with Crippen molar-refractivity contribution in [2.45, 2.75) is 19.6 Å². The van der Waals surface area contributed by atoms with Crippen molar-refractivity contribution < 1.29 is 4.79 Å². The van der Waals surface area contributed by atoms with Crippen LogP contribution >= 0.6 is 23.4 Å². The van der Waals surface area contributed by atoms with E-state index in [9.17, 15) is 4.79 Å². The third-order valence-electron chi connectivity index (χ3n) is 3.28. The van der Waals surface area contributed by atoms with Crippen LogP contribution in [-0.4, -0.2) is 11.7 Å². The second-order valence-corrected chi connectivity index (χ2v) is 6.68. The number of hydrogen-bond acceptors (Lipinski definition) is 3. The first kappa shape index (κ1) is 17.4. The van der Waals surface area contributed by atoms with Crippen molar-refractivity contribution in [2.24, 2.45) is 0 Å². The monoisotopic (exact) mass is 344 g/mol. The van der Waals surface area contributed by atoms with Gasteiger partial charge in [-0.05, 0) is 48.7 Å². The molecular formula is C18H17ClN2OS. The average Bonchev–Trinajstić information content (AvgIpc) is 2.51. The fourth-order valence-corrected chi connectivity index (χ4v) is 3.34. The van der Waals surface area contributed by atoms with Crippen LogP contribution in [0, 0.1) is 25.2 Å². The van der Waals surface area contributed by atoms with Crippen LogP contribution in [0.5, 0.6) is 0 Å². The summed E-state index contributed by atoms with van der Waals surface area (Å²) in [5.41, 5.74) is 4.44. The lowest BCUT2D eigenvalue weighted by Crippen LogP contribution is -2.15. The first-order valence-corrected chi connectivity index (χ1v) is 8.66. The molecule has 0 aliphatic heterocycles. The van der Waals surface area contributed by atoms with Crippen LogP contribution in [0.3, 0.4) is 0 Å². The number of nitrogens with zero attached hydrogens (tertiary/aromatic N) is 1. The van der Waals surface area contributed by atoms with Crippen molar-refractivity contribution in [2.75, 3.05) is 11.1 Å². The number of anilines is 1. The lowest BCUT2D eigenvalue weighted by molar-refractivity contribution is -0.113. The molecule has 2 aromatic rings. The van der Waals surface area contributed by atoms with E-state index in [1.54, 1.807) is 12.1 Å². The summed E-state index contributed by atoms with van der Waals surface area (Å²) < 4.78 is 0. The summed E-state index contributed by atoms with van der Waals surface area (Å²) in [6.07, 6.45) is 0. The first-order chi connectivity index (χ1) is 11.0. The molecular weight excluding hydrogens is 328 g/mol. The van der Waals surface area contributed by atoms with Crippen molar-refractivity contribution in [1.29, 1.82) is 5.26 Å². The molecule has 0 saturated carbocycles. The normalized spacial score (nSPS) is 10.2. The third kappa shape index (κ3) is 5.02. The Morgan fingerprint density at radius 1 is 1.26 bits per heavy atom. The van der Waals surface area contributed by atoms with Crippen molar-refractivity contribution >= 4 is 35.0 Å². The molecule has 0 unspecified atom stereocenters. The minimum atomic E-state index is -0.0718. The van der Waals surface area contributed by atoms with Gasteiger partial charge < -0.3 is 5.32 Å². The summed E-state index contributed by atoms with van der Waals surface area (Å²) in [6, 6.07) is 13.3. The van der Waals surface area contributed by atoms with Crippen molar-refractivity contribution in [3.05, 3.63) is 63.7 Å². The molecule has 1 N–H and O–H groups in total. The Bertz CT molecular complexity index is 728. The van der Waals surface area contributed by atoms with E-state index >= 15 is 0 Å². The summed E-state index contributed by atoms with van der Waals surface area (Å²) in [5, 5.41) is 12.2. The summed E-state index contributed by atoms with van der Waals surface area (Å²) in [7, 11) is 0. The van der Waals surface area contributed by atoms with Gasteiger partial charge in [0.1, 0.15) is 0 Å². The predicted molar refractivity (Wildman–Crippen MR) is 96.9 cm³/mol. The van der Waals surface area contributed by atoms with Gasteiger partial charge in [-0.25, -0.2) is 0 Å². The van der Waals surface area contributed by atoms with Gasteiger partial charge in [-0.3, -0.25) is 4.79 Å². The molecule has 2 rings (SSSR count). The Morgan fingerprint density at radius 2 is 1.96 bits per heavy atom. The number of benzene rings is 2.